The van der Waals surface area contributed by atoms with Crippen molar-refractivity contribution < 1.29 is 13.2 Å². The summed E-state index contributed by atoms with van der Waals surface area (Å²) in [7, 11) is 0. The predicted octanol–water partition coefficient (Wildman–Crippen LogP) is 3.80. The second-order valence-corrected chi connectivity index (χ2v) is 6.74. The molecule has 3 heterocycles. The molecule has 0 aliphatic carbocycles. The summed E-state index contributed by atoms with van der Waals surface area (Å²) in [6.07, 6.45) is 1.83. The molecule has 1 N–H and O–H groups in total. The highest BCUT2D eigenvalue weighted by molar-refractivity contribution is 5.84. The van der Waals surface area contributed by atoms with Crippen molar-refractivity contribution in [2.45, 2.75) is 32.1 Å². The van der Waals surface area contributed by atoms with E-state index in [9.17, 15) is 13.2 Å². The lowest BCUT2D eigenvalue weighted by Gasteiger charge is -2.24. The maximum absolute atomic E-state index is 12.8. The number of aryl methyl sites for hydroxylation is 1. The van der Waals surface area contributed by atoms with Gasteiger partial charge in [0, 0.05) is 43.5 Å². The SMILES string of the molecule is FC(F)(F)c1cn2c(n1)CC[C@@H](CNCc1cccc3cnccc13)C2. The average Bonchev–Trinajstić information content (AvgIpc) is 3.06. The Hall–Kier alpha value is -2.41. The van der Waals surface area contributed by atoms with Gasteiger partial charge in [0.25, 0.3) is 0 Å². The first-order valence-corrected chi connectivity index (χ1v) is 8.66. The minimum atomic E-state index is -4.37. The molecule has 1 aliphatic heterocycles. The first kappa shape index (κ1) is 17.0. The number of fused-ring (bicyclic) bond motifs is 2. The third-order valence-corrected chi connectivity index (χ3v) is 4.90. The molecule has 4 nitrogen and oxygen atoms in total. The lowest BCUT2D eigenvalue weighted by Crippen LogP contribution is -2.29. The zero-order valence-corrected chi connectivity index (χ0v) is 14.1. The van der Waals surface area contributed by atoms with E-state index >= 15 is 0 Å². The number of pyridine rings is 1. The van der Waals surface area contributed by atoms with E-state index < -0.39 is 11.9 Å². The molecule has 7 heteroatoms. The van der Waals surface area contributed by atoms with Gasteiger partial charge in [0.1, 0.15) is 5.82 Å². The van der Waals surface area contributed by atoms with Gasteiger partial charge < -0.3 is 9.88 Å². The normalized spacial score (nSPS) is 17.4. The number of nitrogens with zero attached hydrogens (tertiary/aromatic N) is 3. The van der Waals surface area contributed by atoms with Gasteiger partial charge in [-0.2, -0.15) is 13.2 Å². The maximum Gasteiger partial charge on any atom is 0.434 e. The molecule has 26 heavy (non-hydrogen) atoms. The van der Waals surface area contributed by atoms with Gasteiger partial charge in [-0.1, -0.05) is 18.2 Å². The molecule has 0 saturated carbocycles. The molecule has 3 aromatic rings. The van der Waals surface area contributed by atoms with Crippen LogP contribution in [0, 0.1) is 5.92 Å². The van der Waals surface area contributed by atoms with Crippen LogP contribution in [-0.2, 0) is 25.7 Å². The van der Waals surface area contributed by atoms with Gasteiger partial charge in [-0.25, -0.2) is 4.98 Å². The smallest absolute Gasteiger partial charge is 0.334 e. The Balaban J connectivity index is 1.38. The molecule has 0 amide bonds. The van der Waals surface area contributed by atoms with Crippen molar-refractivity contribution in [3.05, 3.63) is 59.9 Å². The summed E-state index contributed by atoms with van der Waals surface area (Å²) in [5.41, 5.74) is 0.411. The molecule has 1 atom stereocenters. The second kappa shape index (κ2) is 6.72. The van der Waals surface area contributed by atoms with Crippen LogP contribution in [0.5, 0.6) is 0 Å². The summed E-state index contributed by atoms with van der Waals surface area (Å²) in [5.74, 6) is 0.838. The number of imidazole rings is 1. The highest BCUT2D eigenvalue weighted by Crippen LogP contribution is 2.30. The van der Waals surface area contributed by atoms with Crippen molar-refractivity contribution in [2.24, 2.45) is 5.92 Å². The van der Waals surface area contributed by atoms with Crippen LogP contribution in [0.1, 0.15) is 23.5 Å². The Morgan fingerprint density at radius 1 is 1.23 bits per heavy atom. The standard InChI is InChI=1S/C19H19F3N4/c20-19(21,22)17-12-26-11-13(4-5-18(26)25-17)8-24-10-15-3-1-2-14-9-23-7-6-16(14)15/h1-3,6-7,9,12-13,24H,4-5,8,10-11H2/t13-/m0/s1. The molecular formula is C19H19F3N4. The first-order valence-electron chi connectivity index (χ1n) is 8.66. The van der Waals surface area contributed by atoms with Crippen molar-refractivity contribution >= 4 is 10.8 Å². The predicted molar refractivity (Wildman–Crippen MR) is 92.5 cm³/mol. The lowest BCUT2D eigenvalue weighted by molar-refractivity contribution is -0.141. The largest absolute Gasteiger partial charge is 0.434 e. The highest BCUT2D eigenvalue weighted by atomic mass is 19.4. The van der Waals surface area contributed by atoms with Crippen molar-refractivity contribution in [3.8, 4) is 0 Å². The van der Waals surface area contributed by atoms with Crippen molar-refractivity contribution in [2.75, 3.05) is 6.54 Å². The number of nitrogens with one attached hydrogen (secondary N) is 1. The van der Waals surface area contributed by atoms with E-state index in [0.29, 0.717) is 24.7 Å². The number of halogens is 3. The molecule has 0 bridgehead atoms. The summed E-state index contributed by atoms with van der Waals surface area (Å²) in [5, 5.41) is 5.73. The van der Waals surface area contributed by atoms with Crippen molar-refractivity contribution in [1.82, 2.24) is 19.9 Å². The fourth-order valence-electron chi connectivity index (χ4n) is 3.57. The minimum absolute atomic E-state index is 0.300. The number of rotatable bonds is 4. The van der Waals surface area contributed by atoms with E-state index in [1.165, 1.54) is 10.9 Å². The summed E-state index contributed by atoms with van der Waals surface area (Å²) in [4.78, 5) is 7.87. The number of alkyl halides is 3. The van der Waals surface area contributed by atoms with Crippen LogP contribution < -0.4 is 5.32 Å². The monoisotopic (exact) mass is 360 g/mol. The molecule has 0 unspecified atom stereocenters. The summed E-state index contributed by atoms with van der Waals surface area (Å²) < 4.78 is 40.0. The highest BCUT2D eigenvalue weighted by Gasteiger charge is 2.35. The van der Waals surface area contributed by atoms with Gasteiger partial charge in [0.2, 0.25) is 0 Å². The minimum Gasteiger partial charge on any atom is -0.334 e. The zero-order valence-electron chi connectivity index (χ0n) is 14.1. The number of hydrogen-bond acceptors (Lipinski definition) is 3. The van der Waals surface area contributed by atoms with Gasteiger partial charge in [0.15, 0.2) is 5.69 Å². The molecule has 136 valence electrons. The fraction of sp³-hybridized carbons (Fsp3) is 0.368. The fourth-order valence-corrected chi connectivity index (χ4v) is 3.57. The van der Waals surface area contributed by atoms with Crippen LogP contribution in [0.15, 0.2) is 42.9 Å². The topological polar surface area (TPSA) is 42.7 Å². The summed E-state index contributed by atoms with van der Waals surface area (Å²) >= 11 is 0. The van der Waals surface area contributed by atoms with E-state index in [2.05, 4.69) is 21.4 Å². The van der Waals surface area contributed by atoms with Crippen molar-refractivity contribution in [1.29, 1.82) is 0 Å². The molecule has 0 radical (unpaired) electrons. The number of hydrogen-bond donors (Lipinski definition) is 1. The Kier molecular flexibility index (Phi) is 4.40. The molecule has 0 fully saturated rings. The average molecular weight is 360 g/mol. The van der Waals surface area contributed by atoms with E-state index in [-0.39, 0.29) is 0 Å². The first-order chi connectivity index (χ1) is 12.5. The maximum atomic E-state index is 12.8. The van der Waals surface area contributed by atoms with Gasteiger partial charge in [-0.3, -0.25) is 4.98 Å². The zero-order chi connectivity index (χ0) is 18.1. The number of benzene rings is 1. The molecule has 0 saturated heterocycles. The van der Waals surface area contributed by atoms with Gasteiger partial charge in [0.05, 0.1) is 0 Å². The molecule has 1 aliphatic rings. The molecule has 4 rings (SSSR count). The van der Waals surface area contributed by atoms with Crippen LogP contribution in [0.25, 0.3) is 10.8 Å². The summed E-state index contributed by atoms with van der Waals surface area (Å²) in [6.45, 7) is 2.06. The van der Waals surface area contributed by atoms with Crippen LogP contribution in [0.2, 0.25) is 0 Å². The van der Waals surface area contributed by atoms with Gasteiger partial charge in [-0.15, -0.1) is 0 Å². The molecule has 2 aromatic heterocycles. The molecule has 1 aromatic carbocycles. The van der Waals surface area contributed by atoms with E-state index in [1.807, 2.05) is 24.4 Å². The molecular weight excluding hydrogens is 341 g/mol. The van der Waals surface area contributed by atoms with E-state index in [0.717, 1.165) is 31.1 Å². The summed E-state index contributed by atoms with van der Waals surface area (Å²) in [6, 6.07) is 8.13. The van der Waals surface area contributed by atoms with Gasteiger partial charge >= 0.3 is 6.18 Å². The Morgan fingerprint density at radius 3 is 2.96 bits per heavy atom. The Morgan fingerprint density at radius 2 is 2.12 bits per heavy atom. The van der Waals surface area contributed by atoms with Gasteiger partial charge in [-0.05, 0) is 35.9 Å². The Bertz CT molecular complexity index is 911. The van der Waals surface area contributed by atoms with Crippen LogP contribution in [-0.4, -0.2) is 21.1 Å². The molecule has 0 spiro atoms. The second-order valence-electron chi connectivity index (χ2n) is 6.74. The van der Waals surface area contributed by atoms with Crippen LogP contribution in [0.4, 0.5) is 13.2 Å². The van der Waals surface area contributed by atoms with E-state index in [1.54, 1.807) is 10.8 Å². The lowest BCUT2D eigenvalue weighted by atomic mass is 9.99. The Labute approximate surface area is 149 Å². The van der Waals surface area contributed by atoms with Crippen LogP contribution in [0.3, 0.4) is 0 Å². The van der Waals surface area contributed by atoms with Crippen molar-refractivity contribution in [3.63, 3.8) is 0 Å². The third kappa shape index (κ3) is 3.44. The van der Waals surface area contributed by atoms with Crippen LogP contribution >= 0.6 is 0 Å². The number of aromatic nitrogens is 3. The third-order valence-electron chi connectivity index (χ3n) is 4.90. The quantitative estimate of drug-likeness (QED) is 0.770. The van der Waals surface area contributed by atoms with E-state index in [4.69, 9.17) is 0 Å².